The van der Waals surface area contributed by atoms with Gasteiger partial charge in [0.1, 0.15) is 0 Å². The number of halogens is 2. The molecule has 0 aromatic heterocycles. The Morgan fingerprint density at radius 2 is 1.80 bits per heavy atom. The monoisotopic (exact) mass is 236 g/mol. The maximum absolute atomic E-state index is 12.0. The van der Waals surface area contributed by atoms with E-state index < -0.39 is 15.8 Å². The van der Waals surface area contributed by atoms with Crippen molar-refractivity contribution in [3.05, 3.63) is 29.8 Å². The Morgan fingerprint density at radius 1 is 1.27 bits per heavy atom. The summed E-state index contributed by atoms with van der Waals surface area (Å²) in [6.07, 6.45) is 0. The molecular formula is C8H10F2N2O2S. The van der Waals surface area contributed by atoms with Crippen LogP contribution in [-0.4, -0.2) is 14.2 Å². The van der Waals surface area contributed by atoms with Crippen LogP contribution in [0.1, 0.15) is 5.56 Å². The molecule has 0 radical (unpaired) electrons. The van der Waals surface area contributed by atoms with Crippen molar-refractivity contribution >= 4 is 15.7 Å². The van der Waals surface area contributed by atoms with Crippen molar-refractivity contribution in [3.8, 4) is 0 Å². The summed E-state index contributed by atoms with van der Waals surface area (Å²) in [6.45, 7) is 0.307. The summed E-state index contributed by atoms with van der Waals surface area (Å²) >= 11 is 0. The van der Waals surface area contributed by atoms with Gasteiger partial charge in [-0.2, -0.15) is 8.78 Å². The summed E-state index contributed by atoms with van der Waals surface area (Å²) in [7, 11) is -4.59. The summed E-state index contributed by atoms with van der Waals surface area (Å²) in [4.78, 5) is 0. The number of sulfonamides is 1. The first-order valence-corrected chi connectivity index (χ1v) is 5.59. The fraction of sp³-hybridized carbons (Fsp3) is 0.250. The zero-order valence-electron chi connectivity index (χ0n) is 7.65. The number of hydrogen-bond acceptors (Lipinski definition) is 3. The molecule has 1 aromatic carbocycles. The molecule has 0 aliphatic carbocycles. The predicted molar refractivity (Wildman–Crippen MR) is 52.9 cm³/mol. The van der Waals surface area contributed by atoms with Crippen molar-refractivity contribution < 1.29 is 17.2 Å². The van der Waals surface area contributed by atoms with Crippen molar-refractivity contribution in [1.82, 2.24) is 0 Å². The van der Waals surface area contributed by atoms with Crippen LogP contribution in [0.3, 0.4) is 0 Å². The molecule has 0 fully saturated rings. The minimum absolute atomic E-state index is 0.0903. The predicted octanol–water partition coefficient (Wildman–Crippen LogP) is 1.11. The van der Waals surface area contributed by atoms with E-state index in [-0.39, 0.29) is 5.69 Å². The number of anilines is 1. The summed E-state index contributed by atoms with van der Waals surface area (Å²) < 4.78 is 47.2. The second-order valence-electron chi connectivity index (χ2n) is 2.81. The molecule has 1 aromatic rings. The van der Waals surface area contributed by atoms with Gasteiger partial charge >= 0.3 is 5.76 Å². The zero-order chi connectivity index (χ0) is 11.5. The highest BCUT2D eigenvalue weighted by atomic mass is 32.2. The average Bonchev–Trinajstić information content (AvgIpc) is 2.18. The van der Waals surface area contributed by atoms with Gasteiger partial charge < -0.3 is 5.73 Å². The molecule has 0 amide bonds. The van der Waals surface area contributed by atoms with Crippen molar-refractivity contribution in [3.63, 3.8) is 0 Å². The molecule has 0 heterocycles. The van der Waals surface area contributed by atoms with Crippen LogP contribution >= 0.6 is 0 Å². The highest BCUT2D eigenvalue weighted by molar-refractivity contribution is 7.93. The molecule has 0 spiro atoms. The molecule has 4 nitrogen and oxygen atoms in total. The Kier molecular flexibility index (Phi) is 3.59. The first-order valence-electron chi connectivity index (χ1n) is 4.04. The van der Waals surface area contributed by atoms with Crippen molar-refractivity contribution in [2.24, 2.45) is 5.73 Å². The normalized spacial score (nSPS) is 11.7. The van der Waals surface area contributed by atoms with Gasteiger partial charge in [-0.15, -0.1) is 0 Å². The summed E-state index contributed by atoms with van der Waals surface area (Å²) in [5, 5.41) is 0. The molecule has 7 heteroatoms. The molecule has 0 aliphatic rings. The maximum atomic E-state index is 12.0. The SMILES string of the molecule is NCc1ccc(NS(=O)(=O)C(F)F)cc1. The lowest BCUT2D eigenvalue weighted by Crippen LogP contribution is -2.20. The molecule has 0 atom stereocenters. The van der Waals surface area contributed by atoms with E-state index in [1.54, 1.807) is 16.9 Å². The van der Waals surface area contributed by atoms with Crippen LogP contribution in [0, 0.1) is 0 Å². The Bertz CT molecular complexity index is 417. The van der Waals surface area contributed by atoms with Gasteiger partial charge in [0.15, 0.2) is 0 Å². The quantitative estimate of drug-likeness (QED) is 0.822. The number of benzene rings is 1. The van der Waals surface area contributed by atoms with Crippen LogP contribution in [0.15, 0.2) is 24.3 Å². The molecule has 15 heavy (non-hydrogen) atoms. The van der Waals surface area contributed by atoms with Gasteiger partial charge in [-0.3, -0.25) is 4.72 Å². The van der Waals surface area contributed by atoms with Crippen LogP contribution < -0.4 is 10.5 Å². The van der Waals surface area contributed by atoms with E-state index in [0.717, 1.165) is 5.56 Å². The molecule has 0 aliphatic heterocycles. The molecule has 0 saturated carbocycles. The number of hydrogen-bond donors (Lipinski definition) is 2. The second-order valence-corrected chi connectivity index (χ2v) is 4.46. The fourth-order valence-corrected chi connectivity index (χ4v) is 1.47. The van der Waals surface area contributed by atoms with Gasteiger partial charge in [0.2, 0.25) is 0 Å². The van der Waals surface area contributed by atoms with Gasteiger partial charge in [0.25, 0.3) is 10.0 Å². The molecule has 0 saturated heterocycles. The fourth-order valence-electron chi connectivity index (χ4n) is 0.918. The Morgan fingerprint density at radius 3 is 2.20 bits per heavy atom. The molecule has 84 valence electrons. The molecule has 3 N–H and O–H groups in total. The molecule has 0 unspecified atom stereocenters. The second kappa shape index (κ2) is 4.54. The van der Waals surface area contributed by atoms with Gasteiger partial charge in [-0.1, -0.05) is 12.1 Å². The smallest absolute Gasteiger partial charge is 0.326 e. The first kappa shape index (κ1) is 11.9. The van der Waals surface area contributed by atoms with E-state index in [0.29, 0.717) is 6.54 Å². The van der Waals surface area contributed by atoms with Crippen molar-refractivity contribution in [2.45, 2.75) is 12.3 Å². The lowest BCUT2D eigenvalue weighted by Gasteiger charge is -2.06. The number of nitrogens with one attached hydrogen (secondary N) is 1. The third-order valence-electron chi connectivity index (χ3n) is 1.68. The van der Waals surface area contributed by atoms with E-state index in [2.05, 4.69) is 0 Å². The number of nitrogens with two attached hydrogens (primary N) is 1. The highest BCUT2D eigenvalue weighted by Crippen LogP contribution is 2.14. The maximum Gasteiger partial charge on any atom is 0.355 e. The van der Waals surface area contributed by atoms with Gasteiger partial charge in [0, 0.05) is 12.2 Å². The third kappa shape index (κ3) is 3.14. The Balaban J connectivity index is 2.82. The summed E-state index contributed by atoms with van der Waals surface area (Å²) in [5.74, 6) is -3.44. The standard InChI is InChI=1S/C8H10F2N2O2S/c9-8(10)15(13,14)12-7-3-1-6(5-11)2-4-7/h1-4,8,12H,5,11H2. The minimum atomic E-state index is -4.59. The van der Waals surface area contributed by atoms with Gasteiger partial charge in [0.05, 0.1) is 0 Å². The van der Waals surface area contributed by atoms with Crippen LogP contribution in [0.5, 0.6) is 0 Å². The topological polar surface area (TPSA) is 72.2 Å². The third-order valence-corrected chi connectivity index (χ3v) is 2.67. The average molecular weight is 236 g/mol. The molecule has 1 rings (SSSR count). The summed E-state index contributed by atoms with van der Waals surface area (Å²) in [5.41, 5.74) is 6.19. The molecular weight excluding hydrogens is 226 g/mol. The minimum Gasteiger partial charge on any atom is -0.326 e. The Labute approximate surface area is 86.1 Å². The van der Waals surface area contributed by atoms with Crippen LogP contribution in [-0.2, 0) is 16.6 Å². The van der Waals surface area contributed by atoms with E-state index in [1.807, 2.05) is 0 Å². The van der Waals surface area contributed by atoms with Crippen LogP contribution in [0.25, 0.3) is 0 Å². The van der Waals surface area contributed by atoms with E-state index >= 15 is 0 Å². The van der Waals surface area contributed by atoms with Crippen molar-refractivity contribution in [1.29, 1.82) is 0 Å². The zero-order valence-corrected chi connectivity index (χ0v) is 8.47. The van der Waals surface area contributed by atoms with E-state index in [4.69, 9.17) is 5.73 Å². The molecule has 0 bridgehead atoms. The first-order chi connectivity index (χ1) is 6.95. The van der Waals surface area contributed by atoms with E-state index in [9.17, 15) is 17.2 Å². The lowest BCUT2D eigenvalue weighted by molar-refractivity contribution is 0.236. The van der Waals surface area contributed by atoms with Crippen LogP contribution in [0.2, 0.25) is 0 Å². The van der Waals surface area contributed by atoms with Crippen LogP contribution in [0.4, 0.5) is 14.5 Å². The van der Waals surface area contributed by atoms with Gasteiger partial charge in [-0.25, -0.2) is 8.42 Å². The van der Waals surface area contributed by atoms with Crippen molar-refractivity contribution in [2.75, 3.05) is 4.72 Å². The highest BCUT2D eigenvalue weighted by Gasteiger charge is 2.23. The van der Waals surface area contributed by atoms with E-state index in [1.165, 1.54) is 12.1 Å². The number of rotatable bonds is 4. The number of alkyl halides is 2. The summed E-state index contributed by atoms with van der Waals surface area (Å²) in [6, 6.07) is 5.87. The lowest BCUT2D eigenvalue weighted by atomic mass is 10.2. The van der Waals surface area contributed by atoms with Gasteiger partial charge in [-0.05, 0) is 17.7 Å². The Hall–Kier alpha value is -1.21. The largest absolute Gasteiger partial charge is 0.355 e.